The van der Waals surface area contributed by atoms with E-state index in [1.807, 2.05) is 0 Å². The van der Waals surface area contributed by atoms with Gasteiger partial charge in [-0.1, -0.05) is 37.6 Å². The van der Waals surface area contributed by atoms with Gasteiger partial charge in [0, 0.05) is 25.0 Å². The molecule has 28 heavy (non-hydrogen) atoms. The number of carbonyl (C=O) groups is 1. The van der Waals surface area contributed by atoms with Gasteiger partial charge in [-0.05, 0) is 80.5 Å². The molecule has 0 spiro atoms. The van der Waals surface area contributed by atoms with Crippen molar-refractivity contribution in [3.63, 3.8) is 0 Å². The topological polar surface area (TPSA) is 58.4 Å². The van der Waals surface area contributed by atoms with Crippen LogP contribution in [0.1, 0.15) is 63.0 Å². The van der Waals surface area contributed by atoms with E-state index in [2.05, 4.69) is 41.4 Å². The van der Waals surface area contributed by atoms with E-state index in [1.165, 1.54) is 56.3 Å². The Morgan fingerprint density at radius 1 is 1.04 bits per heavy atom. The summed E-state index contributed by atoms with van der Waals surface area (Å²) in [6, 6.07) is 9.13. The summed E-state index contributed by atoms with van der Waals surface area (Å²) < 4.78 is 0. The lowest BCUT2D eigenvalue weighted by Crippen LogP contribution is -2.49. The Balaban J connectivity index is 1.24. The van der Waals surface area contributed by atoms with Crippen molar-refractivity contribution >= 4 is 5.91 Å². The zero-order chi connectivity index (χ0) is 19.5. The summed E-state index contributed by atoms with van der Waals surface area (Å²) in [6.07, 6.45) is 8.31. The molecule has 0 aromatic heterocycles. The maximum atomic E-state index is 12.7. The Bertz CT molecular complexity index is 636. The second-order valence-corrected chi connectivity index (χ2v) is 9.69. The van der Waals surface area contributed by atoms with Crippen LogP contribution in [-0.2, 0) is 17.9 Å². The second kappa shape index (κ2) is 8.96. The number of piperidine rings is 1. The van der Waals surface area contributed by atoms with Crippen molar-refractivity contribution in [1.29, 1.82) is 0 Å². The fraction of sp³-hybridized carbons (Fsp3) is 0.708. The van der Waals surface area contributed by atoms with E-state index >= 15 is 0 Å². The van der Waals surface area contributed by atoms with Gasteiger partial charge in [-0.15, -0.1) is 0 Å². The Morgan fingerprint density at radius 2 is 1.64 bits per heavy atom. The predicted octanol–water partition coefficient (Wildman–Crippen LogP) is 3.69. The van der Waals surface area contributed by atoms with Crippen LogP contribution in [0.2, 0.25) is 0 Å². The Labute approximate surface area is 170 Å². The fourth-order valence-corrected chi connectivity index (χ4v) is 5.58. The number of nitrogens with zero attached hydrogens (tertiary/aromatic N) is 1. The summed E-state index contributed by atoms with van der Waals surface area (Å²) in [4.78, 5) is 15.3. The standard InChI is InChI=1S/C24H37N3O/c1-17-9-11-27(12-10-17)16-19-7-5-18(6-8-19)15-26-24(28)22-13-20-3-2-4-21(14-22)23(20)25/h5-8,17,20-23H,2-4,9-16,25H2,1H3,(H,26,28). The monoisotopic (exact) mass is 383 g/mol. The van der Waals surface area contributed by atoms with E-state index in [1.54, 1.807) is 0 Å². The van der Waals surface area contributed by atoms with Gasteiger partial charge >= 0.3 is 0 Å². The summed E-state index contributed by atoms with van der Waals surface area (Å²) in [5, 5.41) is 3.19. The second-order valence-electron chi connectivity index (χ2n) is 9.69. The molecule has 1 aromatic rings. The highest BCUT2D eigenvalue weighted by atomic mass is 16.1. The zero-order valence-corrected chi connectivity index (χ0v) is 17.4. The molecule has 4 heteroatoms. The Kier molecular flexibility index (Phi) is 6.37. The highest BCUT2D eigenvalue weighted by molar-refractivity contribution is 5.78. The SMILES string of the molecule is CC1CCN(Cc2ccc(CNC(=O)C3CC4CCCC(C3)C4N)cc2)CC1. The lowest BCUT2D eigenvalue weighted by atomic mass is 9.65. The molecule has 4 rings (SSSR count). The van der Waals surface area contributed by atoms with Crippen LogP contribution >= 0.6 is 0 Å². The minimum Gasteiger partial charge on any atom is -0.352 e. The zero-order valence-electron chi connectivity index (χ0n) is 17.4. The van der Waals surface area contributed by atoms with Gasteiger partial charge < -0.3 is 11.1 Å². The summed E-state index contributed by atoms with van der Waals surface area (Å²) >= 11 is 0. The van der Waals surface area contributed by atoms with Crippen LogP contribution in [0.25, 0.3) is 0 Å². The number of hydrogen-bond donors (Lipinski definition) is 2. The number of nitrogens with one attached hydrogen (secondary N) is 1. The van der Waals surface area contributed by atoms with Crippen LogP contribution in [0.3, 0.4) is 0 Å². The molecule has 1 saturated heterocycles. The van der Waals surface area contributed by atoms with Crippen LogP contribution in [0.5, 0.6) is 0 Å². The van der Waals surface area contributed by atoms with Gasteiger partial charge in [0.2, 0.25) is 5.91 Å². The first kappa shape index (κ1) is 19.9. The number of rotatable bonds is 5. The van der Waals surface area contributed by atoms with E-state index < -0.39 is 0 Å². The van der Waals surface area contributed by atoms with Crippen LogP contribution in [0, 0.1) is 23.7 Å². The number of nitrogens with two attached hydrogens (primary N) is 1. The molecule has 3 aliphatic rings. The van der Waals surface area contributed by atoms with Crippen molar-refractivity contribution in [3.05, 3.63) is 35.4 Å². The van der Waals surface area contributed by atoms with Gasteiger partial charge in [-0.3, -0.25) is 9.69 Å². The highest BCUT2D eigenvalue weighted by Gasteiger charge is 2.40. The maximum absolute atomic E-state index is 12.7. The molecule has 1 amide bonds. The van der Waals surface area contributed by atoms with E-state index in [9.17, 15) is 4.79 Å². The molecular formula is C24H37N3O. The van der Waals surface area contributed by atoms with E-state index in [0.717, 1.165) is 25.3 Å². The third-order valence-corrected chi connectivity index (χ3v) is 7.56. The average Bonchev–Trinajstić information content (AvgIpc) is 2.69. The summed E-state index contributed by atoms with van der Waals surface area (Å²) in [6.45, 7) is 6.47. The number of fused-ring (bicyclic) bond motifs is 2. The number of hydrogen-bond acceptors (Lipinski definition) is 3. The van der Waals surface area contributed by atoms with Gasteiger partial charge in [0.05, 0.1) is 0 Å². The smallest absolute Gasteiger partial charge is 0.223 e. The van der Waals surface area contributed by atoms with E-state index in [4.69, 9.17) is 5.73 Å². The van der Waals surface area contributed by atoms with Gasteiger partial charge in [-0.2, -0.15) is 0 Å². The Hall–Kier alpha value is -1.39. The highest BCUT2D eigenvalue weighted by Crippen LogP contribution is 2.41. The van der Waals surface area contributed by atoms with Crippen molar-refractivity contribution in [2.24, 2.45) is 29.4 Å². The predicted molar refractivity (Wildman–Crippen MR) is 113 cm³/mol. The number of likely N-dealkylation sites (tertiary alicyclic amines) is 1. The van der Waals surface area contributed by atoms with Crippen molar-refractivity contribution in [2.75, 3.05) is 13.1 Å². The normalized spacial score (nSPS) is 31.5. The summed E-state index contributed by atoms with van der Waals surface area (Å²) in [5.41, 5.74) is 8.93. The molecule has 1 aromatic carbocycles. The van der Waals surface area contributed by atoms with Crippen LogP contribution < -0.4 is 11.1 Å². The Morgan fingerprint density at radius 3 is 2.29 bits per heavy atom. The van der Waals surface area contributed by atoms with Gasteiger partial charge in [-0.25, -0.2) is 0 Å². The largest absolute Gasteiger partial charge is 0.352 e. The molecule has 0 radical (unpaired) electrons. The lowest BCUT2D eigenvalue weighted by molar-refractivity contribution is -0.128. The first-order chi connectivity index (χ1) is 13.6. The molecule has 154 valence electrons. The summed E-state index contributed by atoms with van der Waals surface area (Å²) in [7, 11) is 0. The minimum absolute atomic E-state index is 0.163. The van der Waals surface area contributed by atoms with Crippen LogP contribution in [0.15, 0.2) is 24.3 Å². The third-order valence-electron chi connectivity index (χ3n) is 7.56. The molecule has 2 atom stereocenters. The molecule has 1 heterocycles. The average molecular weight is 384 g/mol. The molecule has 2 saturated carbocycles. The van der Waals surface area contributed by atoms with Gasteiger partial charge in [0.25, 0.3) is 0 Å². The lowest BCUT2D eigenvalue weighted by Gasteiger charge is -2.43. The fourth-order valence-electron chi connectivity index (χ4n) is 5.58. The molecule has 2 unspecified atom stereocenters. The maximum Gasteiger partial charge on any atom is 0.223 e. The van der Waals surface area contributed by atoms with Crippen LogP contribution in [0.4, 0.5) is 0 Å². The molecule has 4 nitrogen and oxygen atoms in total. The van der Waals surface area contributed by atoms with Crippen molar-refractivity contribution in [1.82, 2.24) is 10.2 Å². The van der Waals surface area contributed by atoms with Gasteiger partial charge in [0.1, 0.15) is 0 Å². The first-order valence-electron chi connectivity index (χ1n) is 11.4. The first-order valence-corrected chi connectivity index (χ1v) is 11.4. The van der Waals surface area contributed by atoms with Crippen molar-refractivity contribution in [3.8, 4) is 0 Å². The van der Waals surface area contributed by atoms with E-state index in [-0.39, 0.29) is 11.8 Å². The minimum atomic E-state index is 0.163. The van der Waals surface area contributed by atoms with Crippen LogP contribution in [-0.4, -0.2) is 29.9 Å². The number of amides is 1. The molecule has 3 N–H and O–H groups in total. The third kappa shape index (κ3) is 4.77. The molecule has 2 bridgehead atoms. The summed E-state index contributed by atoms with van der Waals surface area (Å²) in [5.74, 6) is 2.38. The molecule has 1 aliphatic heterocycles. The quantitative estimate of drug-likeness (QED) is 0.815. The molecular weight excluding hydrogens is 346 g/mol. The van der Waals surface area contributed by atoms with Crippen molar-refractivity contribution < 1.29 is 4.79 Å². The van der Waals surface area contributed by atoms with Crippen molar-refractivity contribution in [2.45, 2.75) is 71.0 Å². The number of benzene rings is 1. The van der Waals surface area contributed by atoms with Gasteiger partial charge in [0.15, 0.2) is 0 Å². The molecule has 2 aliphatic carbocycles. The van der Waals surface area contributed by atoms with E-state index in [0.29, 0.717) is 24.4 Å². The molecule has 3 fully saturated rings. The number of carbonyl (C=O) groups excluding carboxylic acids is 1.